The number of halogens is 2. The molecule has 0 radical (unpaired) electrons. The predicted octanol–water partition coefficient (Wildman–Crippen LogP) is 5.51. The first-order valence-corrected chi connectivity index (χ1v) is 8.47. The molecule has 1 aliphatic carbocycles. The molecule has 21 heavy (non-hydrogen) atoms. The number of hydrogen-bond donors (Lipinski definition) is 0. The van der Waals surface area contributed by atoms with Crippen molar-refractivity contribution < 1.29 is 4.39 Å². The molecule has 4 heteroatoms. The molecule has 0 unspecified atom stereocenters. The third kappa shape index (κ3) is 2.94. The first-order chi connectivity index (χ1) is 10.2. The number of benzene rings is 1. The molecule has 1 aromatic heterocycles. The molecule has 114 valence electrons. The Kier molecular flexibility index (Phi) is 4.48. The lowest BCUT2D eigenvalue weighted by molar-refractivity contribution is 0.373. The normalized spacial score (nSPS) is 17.9. The molecule has 2 nitrogen and oxygen atoms in total. The van der Waals surface area contributed by atoms with E-state index in [9.17, 15) is 4.39 Å². The van der Waals surface area contributed by atoms with Gasteiger partial charge in [0.1, 0.15) is 11.6 Å². The van der Waals surface area contributed by atoms with E-state index in [4.69, 9.17) is 11.6 Å². The maximum absolute atomic E-state index is 13.8. The molecule has 1 aromatic carbocycles. The van der Waals surface area contributed by atoms with Crippen molar-refractivity contribution in [2.45, 2.75) is 63.8 Å². The van der Waals surface area contributed by atoms with Gasteiger partial charge in [0.25, 0.3) is 0 Å². The van der Waals surface area contributed by atoms with Crippen molar-refractivity contribution in [2.24, 2.45) is 0 Å². The Hall–Kier alpha value is -1.09. The largest absolute Gasteiger partial charge is 0.324 e. The zero-order chi connectivity index (χ0) is 14.8. The quantitative estimate of drug-likeness (QED) is 0.669. The topological polar surface area (TPSA) is 17.8 Å². The molecule has 1 aliphatic rings. The monoisotopic (exact) mass is 308 g/mol. The van der Waals surface area contributed by atoms with E-state index in [2.05, 4.69) is 9.55 Å². The molecule has 0 atom stereocenters. The van der Waals surface area contributed by atoms with Crippen molar-refractivity contribution in [3.05, 3.63) is 29.3 Å². The van der Waals surface area contributed by atoms with Crippen LogP contribution in [0.5, 0.6) is 0 Å². The Labute approximate surface area is 130 Å². The second-order valence-corrected chi connectivity index (χ2v) is 6.39. The Morgan fingerprint density at radius 1 is 1.19 bits per heavy atom. The van der Waals surface area contributed by atoms with Crippen LogP contribution in [0.15, 0.2) is 12.1 Å². The second-order valence-electron chi connectivity index (χ2n) is 6.12. The van der Waals surface area contributed by atoms with Gasteiger partial charge in [-0.25, -0.2) is 9.37 Å². The number of aryl methyl sites for hydroxylation is 1. The molecule has 3 rings (SSSR count). The molecule has 0 saturated heterocycles. The lowest BCUT2D eigenvalue weighted by Crippen LogP contribution is -2.13. The van der Waals surface area contributed by atoms with Crippen molar-refractivity contribution >= 4 is 22.6 Å². The van der Waals surface area contributed by atoms with Crippen LogP contribution < -0.4 is 0 Å². The van der Waals surface area contributed by atoms with Gasteiger partial charge in [0, 0.05) is 12.1 Å². The van der Waals surface area contributed by atoms with Crippen molar-refractivity contribution in [3.8, 4) is 0 Å². The number of nitrogens with zero attached hydrogens (tertiary/aromatic N) is 2. The molecule has 0 aliphatic heterocycles. The molecular formula is C17H22ClFN2. The van der Waals surface area contributed by atoms with Crippen LogP contribution in [0.25, 0.3) is 11.0 Å². The first kappa shape index (κ1) is 14.8. The summed E-state index contributed by atoms with van der Waals surface area (Å²) in [6.07, 6.45) is 8.83. The molecule has 1 fully saturated rings. The van der Waals surface area contributed by atoms with E-state index in [0.717, 1.165) is 16.9 Å². The van der Waals surface area contributed by atoms with Crippen molar-refractivity contribution in [3.63, 3.8) is 0 Å². The van der Waals surface area contributed by atoms with Gasteiger partial charge in [0.15, 0.2) is 0 Å². The van der Waals surface area contributed by atoms with Gasteiger partial charge in [0.05, 0.1) is 16.9 Å². The van der Waals surface area contributed by atoms with Crippen molar-refractivity contribution in [1.82, 2.24) is 9.55 Å². The molecule has 0 N–H and O–H groups in total. The van der Waals surface area contributed by atoms with Crippen LogP contribution in [0.1, 0.15) is 62.4 Å². The minimum Gasteiger partial charge on any atom is -0.324 e. The molecule has 1 heterocycles. The summed E-state index contributed by atoms with van der Waals surface area (Å²) in [4.78, 5) is 4.55. The zero-order valence-electron chi connectivity index (χ0n) is 12.5. The van der Waals surface area contributed by atoms with E-state index in [1.165, 1.54) is 44.9 Å². The predicted molar refractivity (Wildman–Crippen MR) is 85.3 cm³/mol. The van der Waals surface area contributed by atoms with E-state index in [1.807, 2.05) is 13.0 Å². The Morgan fingerprint density at radius 2 is 1.86 bits per heavy atom. The highest BCUT2D eigenvalue weighted by Crippen LogP contribution is 2.32. The summed E-state index contributed by atoms with van der Waals surface area (Å²) >= 11 is 6.10. The molecular weight excluding hydrogens is 287 g/mol. The molecule has 1 saturated carbocycles. The summed E-state index contributed by atoms with van der Waals surface area (Å²) < 4.78 is 16.1. The summed E-state index contributed by atoms with van der Waals surface area (Å²) in [7, 11) is 0. The number of hydrogen-bond acceptors (Lipinski definition) is 1. The van der Waals surface area contributed by atoms with Crippen LogP contribution in [0.3, 0.4) is 0 Å². The maximum atomic E-state index is 13.8. The van der Waals surface area contributed by atoms with Gasteiger partial charge in [-0.2, -0.15) is 0 Å². The second kappa shape index (κ2) is 6.35. The van der Waals surface area contributed by atoms with Crippen LogP contribution in [0, 0.1) is 12.7 Å². The third-order valence-electron chi connectivity index (χ3n) is 4.60. The van der Waals surface area contributed by atoms with Gasteiger partial charge in [-0.15, -0.1) is 11.6 Å². The van der Waals surface area contributed by atoms with E-state index < -0.39 is 0 Å². The minimum absolute atomic E-state index is 0.189. The molecule has 0 amide bonds. The van der Waals surface area contributed by atoms with E-state index in [-0.39, 0.29) is 5.82 Å². The highest BCUT2D eigenvalue weighted by molar-refractivity contribution is 6.16. The van der Waals surface area contributed by atoms with Gasteiger partial charge in [-0.05, 0) is 31.4 Å². The van der Waals surface area contributed by atoms with Crippen LogP contribution in [-0.4, -0.2) is 9.55 Å². The Morgan fingerprint density at radius 3 is 2.52 bits per heavy atom. The fourth-order valence-electron chi connectivity index (χ4n) is 3.46. The number of fused-ring (bicyclic) bond motifs is 1. The van der Waals surface area contributed by atoms with Gasteiger partial charge in [0.2, 0.25) is 0 Å². The van der Waals surface area contributed by atoms with Crippen molar-refractivity contribution in [2.75, 3.05) is 0 Å². The fraction of sp³-hybridized carbons (Fsp3) is 0.588. The van der Waals surface area contributed by atoms with Gasteiger partial charge in [-0.1, -0.05) is 32.1 Å². The van der Waals surface area contributed by atoms with Crippen LogP contribution >= 0.6 is 11.6 Å². The fourth-order valence-corrected chi connectivity index (χ4v) is 3.65. The van der Waals surface area contributed by atoms with Gasteiger partial charge < -0.3 is 4.57 Å². The summed E-state index contributed by atoms with van der Waals surface area (Å²) in [5, 5.41) is 0. The van der Waals surface area contributed by atoms with Crippen LogP contribution in [0.2, 0.25) is 0 Å². The lowest BCUT2D eigenvalue weighted by atomic mass is 9.96. The summed E-state index contributed by atoms with van der Waals surface area (Å²) in [5.41, 5.74) is 2.45. The number of rotatable bonds is 2. The van der Waals surface area contributed by atoms with Crippen molar-refractivity contribution in [1.29, 1.82) is 0 Å². The smallest absolute Gasteiger partial charge is 0.128 e. The van der Waals surface area contributed by atoms with Crippen LogP contribution in [-0.2, 0) is 5.88 Å². The number of imidazole rings is 1. The number of alkyl halides is 1. The van der Waals surface area contributed by atoms with E-state index in [0.29, 0.717) is 17.5 Å². The molecule has 2 aromatic rings. The van der Waals surface area contributed by atoms with Gasteiger partial charge >= 0.3 is 0 Å². The Balaban J connectivity index is 2.07. The van der Waals surface area contributed by atoms with Gasteiger partial charge in [-0.3, -0.25) is 0 Å². The first-order valence-electron chi connectivity index (χ1n) is 7.93. The highest BCUT2D eigenvalue weighted by Gasteiger charge is 2.20. The van der Waals surface area contributed by atoms with Crippen LogP contribution in [0.4, 0.5) is 4.39 Å². The Bertz CT molecular complexity index is 627. The zero-order valence-corrected chi connectivity index (χ0v) is 13.3. The molecule has 0 bridgehead atoms. The third-order valence-corrected chi connectivity index (χ3v) is 4.84. The van der Waals surface area contributed by atoms with E-state index >= 15 is 0 Å². The maximum Gasteiger partial charge on any atom is 0.128 e. The summed E-state index contributed by atoms with van der Waals surface area (Å²) in [5.74, 6) is 1.07. The highest BCUT2D eigenvalue weighted by atomic mass is 35.5. The standard InChI is InChI=1S/C17H22ClFN2/c1-12-9-16-15(10-14(12)19)20-17(11-18)21(16)13-7-5-3-2-4-6-8-13/h9-10,13H,2-8,11H2,1H3. The minimum atomic E-state index is -0.189. The molecule has 0 spiro atoms. The lowest BCUT2D eigenvalue weighted by Gasteiger charge is -2.23. The van der Waals surface area contributed by atoms with E-state index in [1.54, 1.807) is 6.07 Å². The summed E-state index contributed by atoms with van der Waals surface area (Å²) in [6, 6.07) is 3.92. The summed E-state index contributed by atoms with van der Waals surface area (Å²) in [6.45, 7) is 1.81. The average molecular weight is 309 g/mol. The average Bonchev–Trinajstić information content (AvgIpc) is 2.77. The number of aromatic nitrogens is 2. The SMILES string of the molecule is Cc1cc2c(cc1F)nc(CCl)n2C1CCCCCCC1.